The molecular weight excluding hydrogens is 216 g/mol. The minimum Gasteiger partial charge on any atom is -0.393 e. The summed E-state index contributed by atoms with van der Waals surface area (Å²) in [5.74, 6) is 0.00468. The van der Waals surface area contributed by atoms with Gasteiger partial charge in [-0.25, -0.2) is 0 Å². The van der Waals surface area contributed by atoms with E-state index in [0.29, 0.717) is 6.42 Å². The zero-order valence-corrected chi connectivity index (χ0v) is 11.3. The van der Waals surface area contributed by atoms with E-state index >= 15 is 0 Å². The highest BCUT2D eigenvalue weighted by Gasteiger charge is 2.33. The van der Waals surface area contributed by atoms with Crippen molar-refractivity contribution in [3.63, 3.8) is 0 Å². The molecule has 1 aliphatic rings. The number of rotatable bonds is 3. The Balaban J connectivity index is 2.78. The van der Waals surface area contributed by atoms with Crippen LogP contribution in [0.4, 0.5) is 0 Å². The van der Waals surface area contributed by atoms with Gasteiger partial charge >= 0.3 is 0 Å². The fourth-order valence-electron chi connectivity index (χ4n) is 2.45. The summed E-state index contributed by atoms with van der Waals surface area (Å²) in [7, 11) is 0. The lowest BCUT2D eigenvalue weighted by Gasteiger charge is -2.35. The van der Waals surface area contributed by atoms with Crippen LogP contribution in [0.25, 0.3) is 0 Å². The van der Waals surface area contributed by atoms with E-state index in [-0.39, 0.29) is 18.1 Å². The second kappa shape index (κ2) is 5.83. The summed E-state index contributed by atoms with van der Waals surface area (Å²) in [4.78, 5) is 14.2. The highest BCUT2D eigenvalue weighted by molar-refractivity contribution is 5.85. The van der Waals surface area contributed by atoms with E-state index in [1.807, 2.05) is 4.90 Å². The molecule has 0 aromatic carbocycles. The molecule has 1 rings (SSSR count). The minimum absolute atomic E-state index is 0.00468. The maximum Gasteiger partial charge on any atom is 0.242 e. The molecule has 0 radical (unpaired) electrons. The van der Waals surface area contributed by atoms with Gasteiger partial charge in [0.15, 0.2) is 0 Å². The van der Waals surface area contributed by atoms with Crippen molar-refractivity contribution >= 4 is 5.91 Å². The van der Waals surface area contributed by atoms with Gasteiger partial charge in [-0.3, -0.25) is 4.79 Å². The fourth-order valence-corrected chi connectivity index (χ4v) is 2.45. The van der Waals surface area contributed by atoms with Crippen molar-refractivity contribution in [2.45, 2.75) is 70.6 Å². The van der Waals surface area contributed by atoms with Crippen LogP contribution in [0.15, 0.2) is 0 Å². The predicted molar refractivity (Wildman–Crippen MR) is 68.5 cm³/mol. The molecule has 4 heteroatoms. The summed E-state index contributed by atoms with van der Waals surface area (Å²) < 4.78 is 0. The van der Waals surface area contributed by atoms with Gasteiger partial charge in [0, 0.05) is 12.6 Å². The highest BCUT2D eigenvalue weighted by Crippen LogP contribution is 2.22. The van der Waals surface area contributed by atoms with Crippen molar-refractivity contribution in [1.29, 1.82) is 0 Å². The molecule has 3 N–H and O–H groups in total. The van der Waals surface area contributed by atoms with E-state index in [2.05, 4.69) is 0 Å². The molecule has 0 aliphatic carbocycles. The first-order valence-corrected chi connectivity index (χ1v) is 6.60. The summed E-state index contributed by atoms with van der Waals surface area (Å²) in [6.07, 6.45) is 4.60. The molecular formula is C13H26N2O2. The lowest BCUT2D eigenvalue weighted by molar-refractivity contribution is -0.138. The van der Waals surface area contributed by atoms with E-state index < -0.39 is 5.54 Å². The number of carbonyl (C=O) groups is 1. The average Bonchev–Trinajstić information content (AvgIpc) is 2.40. The van der Waals surface area contributed by atoms with Crippen LogP contribution in [0.2, 0.25) is 0 Å². The Hall–Kier alpha value is -0.610. The normalized spacial score (nSPS) is 24.3. The van der Waals surface area contributed by atoms with E-state index in [9.17, 15) is 9.90 Å². The van der Waals surface area contributed by atoms with Gasteiger partial charge in [-0.15, -0.1) is 0 Å². The minimum atomic E-state index is -0.818. The number of hydrogen-bond donors (Lipinski definition) is 2. The monoisotopic (exact) mass is 242 g/mol. The van der Waals surface area contributed by atoms with Gasteiger partial charge in [-0.1, -0.05) is 12.8 Å². The van der Waals surface area contributed by atoms with Crippen LogP contribution in [0, 0.1) is 0 Å². The van der Waals surface area contributed by atoms with Crippen LogP contribution in [0.5, 0.6) is 0 Å². The van der Waals surface area contributed by atoms with Crippen molar-refractivity contribution in [3.8, 4) is 0 Å². The molecule has 4 nitrogen and oxygen atoms in total. The second-order valence-electron chi connectivity index (χ2n) is 5.81. The molecule has 0 aromatic heterocycles. The molecule has 1 heterocycles. The van der Waals surface area contributed by atoms with E-state index in [1.54, 1.807) is 20.8 Å². The standard InChI is InChI=1S/C13H26N2O2/c1-10(16)9-11-7-5-4-6-8-15(11)12(17)13(2,3)14/h10-11,16H,4-9,14H2,1-3H3. The Labute approximate surface area is 104 Å². The molecule has 0 spiro atoms. The fraction of sp³-hybridized carbons (Fsp3) is 0.923. The van der Waals surface area contributed by atoms with Gasteiger partial charge in [0.1, 0.15) is 0 Å². The third-order valence-electron chi connectivity index (χ3n) is 3.30. The zero-order valence-electron chi connectivity index (χ0n) is 11.3. The van der Waals surface area contributed by atoms with Crippen LogP contribution in [0.1, 0.15) is 52.9 Å². The first-order valence-electron chi connectivity index (χ1n) is 6.60. The Morgan fingerprint density at radius 3 is 2.65 bits per heavy atom. The number of aliphatic hydroxyl groups excluding tert-OH is 1. The molecule has 1 aliphatic heterocycles. The predicted octanol–water partition coefficient (Wildman–Crippen LogP) is 1.27. The quantitative estimate of drug-likeness (QED) is 0.783. The number of nitrogens with two attached hydrogens (primary N) is 1. The first kappa shape index (κ1) is 14.5. The zero-order chi connectivity index (χ0) is 13.1. The van der Waals surface area contributed by atoms with Gasteiger partial charge in [-0.2, -0.15) is 0 Å². The number of nitrogens with zero attached hydrogens (tertiary/aromatic N) is 1. The molecule has 0 saturated carbocycles. The number of amides is 1. The van der Waals surface area contributed by atoms with Crippen molar-refractivity contribution in [1.82, 2.24) is 4.90 Å². The molecule has 0 aromatic rings. The third-order valence-corrected chi connectivity index (χ3v) is 3.30. The van der Waals surface area contributed by atoms with Gasteiger partial charge in [0.25, 0.3) is 0 Å². The van der Waals surface area contributed by atoms with Crippen molar-refractivity contribution in [2.24, 2.45) is 5.73 Å². The smallest absolute Gasteiger partial charge is 0.242 e. The Morgan fingerprint density at radius 2 is 2.12 bits per heavy atom. The van der Waals surface area contributed by atoms with Crippen LogP contribution in [-0.2, 0) is 4.79 Å². The van der Waals surface area contributed by atoms with Crippen molar-refractivity contribution in [2.75, 3.05) is 6.54 Å². The SMILES string of the molecule is CC(O)CC1CCCCCN1C(=O)C(C)(C)N. The van der Waals surface area contributed by atoms with Crippen LogP contribution < -0.4 is 5.73 Å². The molecule has 1 amide bonds. The van der Waals surface area contributed by atoms with Crippen molar-refractivity contribution < 1.29 is 9.90 Å². The summed E-state index contributed by atoms with van der Waals surface area (Å²) in [6, 6.07) is 0.146. The van der Waals surface area contributed by atoms with Crippen LogP contribution in [-0.4, -0.2) is 40.1 Å². The lowest BCUT2D eigenvalue weighted by Crippen LogP contribution is -2.54. The Morgan fingerprint density at radius 1 is 1.47 bits per heavy atom. The maximum atomic E-state index is 12.3. The summed E-state index contributed by atoms with van der Waals surface area (Å²) in [6.45, 7) is 6.05. The number of hydrogen-bond acceptors (Lipinski definition) is 3. The largest absolute Gasteiger partial charge is 0.393 e. The summed E-state index contributed by atoms with van der Waals surface area (Å²) in [5.41, 5.74) is 5.08. The van der Waals surface area contributed by atoms with Crippen molar-refractivity contribution in [3.05, 3.63) is 0 Å². The molecule has 2 atom stereocenters. The lowest BCUT2D eigenvalue weighted by atomic mass is 9.99. The third kappa shape index (κ3) is 4.28. The van der Waals surface area contributed by atoms with E-state index in [4.69, 9.17) is 5.73 Å². The first-order chi connectivity index (χ1) is 7.82. The Bertz CT molecular complexity index is 259. The summed E-state index contributed by atoms with van der Waals surface area (Å²) >= 11 is 0. The molecule has 2 unspecified atom stereocenters. The molecule has 17 heavy (non-hydrogen) atoms. The van der Waals surface area contributed by atoms with Gasteiger partial charge < -0.3 is 15.7 Å². The topological polar surface area (TPSA) is 66.6 Å². The molecule has 100 valence electrons. The maximum absolute atomic E-state index is 12.3. The summed E-state index contributed by atoms with van der Waals surface area (Å²) in [5, 5.41) is 9.53. The molecule has 1 saturated heterocycles. The van der Waals surface area contributed by atoms with Gasteiger partial charge in [0.05, 0.1) is 11.6 Å². The Kier molecular flexibility index (Phi) is 4.95. The number of aliphatic hydroxyl groups is 1. The number of likely N-dealkylation sites (tertiary alicyclic amines) is 1. The number of carbonyl (C=O) groups excluding carboxylic acids is 1. The highest BCUT2D eigenvalue weighted by atomic mass is 16.3. The molecule has 1 fully saturated rings. The van der Waals surface area contributed by atoms with Gasteiger partial charge in [-0.05, 0) is 40.0 Å². The van der Waals surface area contributed by atoms with Crippen LogP contribution >= 0.6 is 0 Å². The van der Waals surface area contributed by atoms with Gasteiger partial charge in [0.2, 0.25) is 5.91 Å². The van der Waals surface area contributed by atoms with E-state index in [1.165, 1.54) is 0 Å². The van der Waals surface area contributed by atoms with Crippen LogP contribution in [0.3, 0.4) is 0 Å². The average molecular weight is 242 g/mol. The molecule has 0 bridgehead atoms. The van der Waals surface area contributed by atoms with E-state index in [0.717, 1.165) is 32.2 Å². The second-order valence-corrected chi connectivity index (χ2v) is 5.81.